The molecule has 2 nitrogen and oxygen atoms in total. The van der Waals surface area contributed by atoms with Crippen molar-refractivity contribution in [2.24, 2.45) is 5.73 Å². The molecule has 0 spiro atoms. The van der Waals surface area contributed by atoms with E-state index in [0.29, 0.717) is 12.0 Å². The van der Waals surface area contributed by atoms with E-state index in [9.17, 15) is 9.50 Å². The van der Waals surface area contributed by atoms with Crippen LogP contribution in [0.2, 0.25) is 0 Å². The lowest BCUT2D eigenvalue weighted by molar-refractivity contribution is 0.0632. The van der Waals surface area contributed by atoms with Crippen LogP contribution in [0.4, 0.5) is 4.39 Å². The van der Waals surface area contributed by atoms with Crippen LogP contribution in [0.25, 0.3) is 0 Å². The van der Waals surface area contributed by atoms with Crippen LogP contribution in [0.5, 0.6) is 0 Å². The number of halogens is 1. The monoisotopic (exact) mass is 197 g/mol. The van der Waals surface area contributed by atoms with Gasteiger partial charge in [-0.15, -0.1) is 0 Å². The van der Waals surface area contributed by atoms with E-state index in [-0.39, 0.29) is 5.82 Å². The molecule has 0 aromatic heterocycles. The molecule has 3 N–H and O–H groups in total. The van der Waals surface area contributed by atoms with Crippen LogP contribution in [0.1, 0.15) is 31.9 Å². The summed E-state index contributed by atoms with van der Waals surface area (Å²) in [5.74, 6) is -0.316. The third kappa shape index (κ3) is 3.09. The molecule has 0 aliphatic heterocycles. The van der Waals surface area contributed by atoms with Gasteiger partial charge in [-0.25, -0.2) is 4.39 Å². The fourth-order valence-electron chi connectivity index (χ4n) is 1.42. The summed E-state index contributed by atoms with van der Waals surface area (Å²) in [7, 11) is 0. The van der Waals surface area contributed by atoms with E-state index in [1.807, 2.05) is 0 Å². The summed E-state index contributed by atoms with van der Waals surface area (Å²) in [6, 6.07) is 5.92. The van der Waals surface area contributed by atoms with E-state index in [0.717, 1.165) is 0 Å². The van der Waals surface area contributed by atoms with Crippen LogP contribution in [0.15, 0.2) is 24.3 Å². The summed E-state index contributed by atoms with van der Waals surface area (Å²) in [4.78, 5) is 0. The Bertz CT molecular complexity index is 306. The molecule has 0 saturated carbocycles. The number of hydrogen-bond acceptors (Lipinski definition) is 2. The molecule has 0 unspecified atom stereocenters. The zero-order valence-corrected chi connectivity index (χ0v) is 8.50. The average Bonchev–Trinajstić information content (AvgIpc) is 2.01. The van der Waals surface area contributed by atoms with Crippen LogP contribution in [0, 0.1) is 5.82 Å². The first kappa shape index (κ1) is 11.1. The van der Waals surface area contributed by atoms with Crippen molar-refractivity contribution in [3.05, 3.63) is 35.6 Å². The van der Waals surface area contributed by atoms with Gasteiger partial charge in [0, 0.05) is 11.6 Å². The van der Waals surface area contributed by atoms with Gasteiger partial charge in [-0.05, 0) is 26.3 Å². The molecule has 14 heavy (non-hydrogen) atoms. The molecular formula is C11H16FNO. The fourth-order valence-corrected chi connectivity index (χ4v) is 1.42. The van der Waals surface area contributed by atoms with Crippen molar-refractivity contribution in [2.45, 2.75) is 31.9 Å². The van der Waals surface area contributed by atoms with Gasteiger partial charge in [-0.1, -0.05) is 18.2 Å². The zero-order valence-electron chi connectivity index (χ0n) is 8.50. The largest absolute Gasteiger partial charge is 0.390 e. The van der Waals surface area contributed by atoms with Gasteiger partial charge >= 0.3 is 0 Å². The predicted molar refractivity (Wildman–Crippen MR) is 54.2 cm³/mol. The van der Waals surface area contributed by atoms with Crippen molar-refractivity contribution in [2.75, 3.05) is 0 Å². The first-order valence-electron chi connectivity index (χ1n) is 4.62. The maximum atomic E-state index is 13.3. The molecule has 78 valence electrons. The lowest BCUT2D eigenvalue weighted by atomic mass is 9.94. The third-order valence-corrected chi connectivity index (χ3v) is 2.02. The summed E-state index contributed by atoms with van der Waals surface area (Å²) >= 11 is 0. The number of benzene rings is 1. The van der Waals surface area contributed by atoms with E-state index in [1.165, 1.54) is 6.07 Å². The van der Waals surface area contributed by atoms with E-state index >= 15 is 0 Å². The molecule has 0 aliphatic carbocycles. The first-order chi connectivity index (χ1) is 6.40. The summed E-state index contributed by atoms with van der Waals surface area (Å²) in [5.41, 5.74) is 5.36. The van der Waals surface area contributed by atoms with Crippen LogP contribution in [-0.4, -0.2) is 10.7 Å². The number of aliphatic hydroxyl groups is 1. The van der Waals surface area contributed by atoms with Gasteiger partial charge in [-0.3, -0.25) is 0 Å². The molecule has 0 fully saturated rings. The molecule has 1 aromatic rings. The van der Waals surface area contributed by atoms with Crippen molar-refractivity contribution in [3.8, 4) is 0 Å². The van der Waals surface area contributed by atoms with Crippen molar-refractivity contribution < 1.29 is 9.50 Å². The standard InChI is InChI=1S/C11H16FNO/c1-11(2,14)7-10(13)8-5-3-4-6-9(8)12/h3-6,10,14H,7,13H2,1-2H3/t10-/m1/s1. The van der Waals surface area contributed by atoms with E-state index < -0.39 is 11.6 Å². The van der Waals surface area contributed by atoms with Crippen molar-refractivity contribution >= 4 is 0 Å². The van der Waals surface area contributed by atoms with Gasteiger partial charge in [0.05, 0.1) is 5.60 Å². The third-order valence-electron chi connectivity index (χ3n) is 2.02. The molecular weight excluding hydrogens is 181 g/mol. The predicted octanol–water partition coefficient (Wildman–Crippen LogP) is 1.99. The maximum Gasteiger partial charge on any atom is 0.127 e. The summed E-state index contributed by atoms with van der Waals surface area (Å²) in [6.45, 7) is 3.32. The number of hydrogen-bond donors (Lipinski definition) is 2. The van der Waals surface area contributed by atoms with Gasteiger partial charge in [0.25, 0.3) is 0 Å². The Hall–Kier alpha value is -0.930. The topological polar surface area (TPSA) is 46.2 Å². The second kappa shape index (κ2) is 4.07. The maximum absolute atomic E-state index is 13.3. The number of rotatable bonds is 3. The minimum atomic E-state index is -0.873. The minimum Gasteiger partial charge on any atom is -0.390 e. The zero-order chi connectivity index (χ0) is 10.8. The van der Waals surface area contributed by atoms with Gasteiger partial charge < -0.3 is 10.8 Å². The summed E-state index contributed by atoms with van der Waals surface area (Å²) < 4.78 is 13.3. The highest BCUT2D eigenvalue weighted by Crippen LogP contribution is 2.23. The van der Waals surface area contributed by atoms with E-state index in [1.54, 1.807) is 32.0 Å². The van der Waals surface area contributed by atoms with Crippen molar-refractivity contribution in [1.29, 1.82) is 0 Å². The van der Waals surface area contributed by atoms with Crippen LogP contribution in [0.3, 0.4) is 0 Å². The quantitative estimate of drug-likeness (QED) is 0.778. The minimum absolute atomic E-state index is 0.316. The Morgan fingerprint density at radius 1 is 1.43 bits per heavy atom. The van der Waals surface area contributed by atoms with Gasteiger partial charge in [0.1, 0.15) is 5.82 Å². The highest BCUT2D eigenvalue weighted by Gasteiger charge is 2.20. The highest BCUT2D eigenvalue weighted by atomic mass is 19.1. The molecule has 3 heteroatoms. The SMILES string of the molecule is CC(C)(O)C[C@@H](N)c1ccccc1F. The lowest BCUT2D eigenvalue weighted by Gasteiger charge is -2.22. The van der Waals surface area contributed by atoms with Crippen molar-refractivity contribution in [1.82, 2.24) is 0 Å². The molecule has 0 bridgehead atoms. The normalized spacial score (nSPS) is 14.1. The first-order valence-corrected chi connectivity index (χ1v) is 4.62. The van der Waals surface area contributed by atoms with E-state index in [2.05, 4.69) is 0 Å². The van der Waals surface area contributed by atoms with Gasteiger partial charge in [0.2, 0.25) is 0 Å². The molecule has 0 saturated heterocycles. The van der Waals surface area contributed by atoms with Crippen LogP contribution < -0.4 is 5.73 Å². The highest BCUT2D eigenvalue weighted by molar-refractivity contribution is 5.21. The summed E-state index contributed by atoms with van der Waals surface area (Å²) in [6.07, 6.45) is 0.341. The second-order valence-electron chi connectivity index (χ2n) is 4.14. The molecule has 0 radical (unpaired) electrons. The molecule has 1 atom stereocenters. The molecule has 0 amide bonds. The van der Waals surface area contributed by atoms with E-state index in [4.69, 9.17) is 5.73 Å². The second-order valence-corrected chi connectivity index (χ2v) is 4.14. The van der Waals surface area contributed by atoms with Crippen LogP contribution in [-0.2, 0) is 0 Å². The van der Waals surface area contributed by atoms with Gasteiger partial charge in [0.15, 0.2) is 0 Å². The van der Waals surface area contributed by atoms with Crippen molar-refractivity contribution in [3.63, 3.8) is 0 Å². The molecule has 1 aromatic carbocycles. The van der Waals surface area contributed by atoms with Crippen LogP contribution >= 0.6 is 0 Å². The Kier molecular flexibility index (Phi) is 3.24. The Morgan fingerprint density at radius 3 is 2.50 bits per heavy atom. The average molecular weight is 197 g/mol. The lowest BCUT2D eigenvalue weighted by Crippen LogP contribution is -2.26. The Labute approximate surface area is 83.6 Å². The summed E-state index contributed by atoms with van der Waals surface area (Å²) in [5, 5.41) is 9.54. The number of nitrogens with two attached hydrogens (primary N) is 1. The van der Waals surface area contributed by atoms with Gasteiger partial charge in [-0.2, -0.15) is 0 Å². The smallest absolute Gasteiger partial charge is 0.127 e. The molecule has 1 rings (SSSR count). The molecule has 0 aliphatic rings. The Balaban J connectivity index is 2.80. The molecule has 0 heterocycles. The fraction of sp³-hybridized carbons (Fsp3) is 0.455. The Morgan fingerprint density at radius 2 is 2.00 bits per heavy atom.